The van der Waals surface area contributed by atoms with Gasteiger partial charge in [-0.25, -0.2) is 0 Å². The van der Waals surface area contributed by atoms with Crippen molar-refractivity contribution in [2.75, 3.05) is 13.2 Å². The van der Waals surface area contributed by atoms with Crippen LogP contribution in [0.3, 0.4) is 0 Å². The lowest BCUT2D eigenvalue weighted by atomic mass is 10.5. The molecule has 0 spiro atoms. The van der Waals surface area contributed by atoms with E-state index in [4.69, 9.17) is 5.11 Å². The molecule has 0 unspecified atom stereocenters. The lowest BCUT2D eigenvalue weighted by molar-refractivity contribution is 0.342. The minimum absolute atomic E-state index is 0.0144. The normalized spacial score (nSPS) is 9.62. The van der Waals surface area contributed by atoms with Crippen molar-refractivity contribution in [2.45, 2.75) is 0 Å². The number of carbonyl (C=O) groups excluding carboxylic acids is 1. The van der Waals surface area contributed by atoms with Crippen LogP contribution in [-0.2, 0) is 4.79 Å². The lowest BCUT2D eigenvalue weighted by Crippen LogP contribution is -2.09. The fraction of sp³-hybridized carbons (Fsp3) is 0.400. The molecular formula is C5H8NO2. The number of aliphatic hydroxyl groups excluding tert-OH is 1. The minimum atomic E-state index is 0.0144. The van der Waals surface area contributed by atoms with Gasteiger partial charge < -0.3 is 10.4 Å². The van der Waals surface area contributed by atoms with Crippen molar-refractivity contribution in [3.63, 3.8) is 0 Å². The van der Waals surface area contributed by atoms with Crippen LogP contribution in [0.5, 0.6) is 0 Å². The van der Waals surface area contributed by atoms with Crippen LogP contribution in [0, 0.1) is 0 Å². The van der Waals surface area contributed by atoms with E-state index in [1.54, 1.807) is 12.2 Å². The van der Waals surface area contributed by atoms with Gasteiger partial charge in [0.2, 0.25) is 0 Å². The monoisotopic (exact) mass is 114 g/mol. The van der Waals surface area contributed by atoms with Gasteiger partial charge in [0.15, 0.2) is 0 Å². The van der Waals surface area contributed by atoms with Crippen molar-refractivity contribution in [2.24, 2.45) is 0 Å². The average Bonchev–Trinajstić information content (AvgIpc) is 1.81. The molecule has 0 fully saturated rings. The molecule has 0 aliphatic carbocycles. The molecule has 0 rings (SSSR count). The smallest absolute Gasteiger partial charge is 0.309 e. The molecule has 0 aliphatic heterocycles. The average molecular weight is 114 g/mol. The summed E-state index contributed by atoms with van der Waals surface area (Å²) in [7, 11) is 0. The SMILES string of the molecule is O=[C]NCC=CCO. The second-order valence-corrected chi connectivity index (χ2v) is 1.14. The Morgan fingerprint density at radius 2 is 2.38 bits per heavy atom. The summed E-state index contributed by atoms with van der Waals surface area (Å²) in [6.45, 7) is 0.449. The quantitative estimate of drug-likeness (QED) is 0.285. The summed E-state index contributed by atoms with van der Waals surface area (Å²) in [5, 5.41) is 10.4. The Kier molecular flexibility index (Phi) is 5.53. The van der Waals surface area contributed by atoms with Crippen LogP contribution in [0.25, 0.3) is 0 Å². The van der Waals surface area contributed by atoms with E-state index in [2.05, 4.69) is 5.32 Å². The first-order valence-electron chi connectivity index (χ1n) is 2.27. The van der Waals surface area contributed by atoms with E-state index < -0.39 is 0 Å². The summed E-state index contributed by atoms with van der Waals surface area (Å²) in [6.07, 6.45) is 4.68. The highest BCUT2D eigenvalue weighted by molar-refractivity contribution is 5.47. The Balaban J connectivity index is 2.90. The molecule has 1 radical (unpaired) electrons. The number of hydrogen-bond acceptors (Lipinski definition) is 2. The highest BCUT2D eigenvalue weighted by atomic mass is 16.2. The maximum atomic E-state index is 9.44. The summed E-state index contributed by atoms with van der Waals surface area (Å²) in [5.41, 5.74) is 0. The molecule has 0 aromatic heterocycles. The van der Waals surface area contributed by atoms with Gasteiger partial charge in [-0.3, -0.25) is 4.79 Å². The zero-order chi connectivity index (χ0) is 6.24. The predicted molar refractivity (Wildman–Crippen MR) is 29.9 cm³/mol. The van der Waals surface area contributed by atoms with Gasteiger partial charge in [-0.1, -0.05) is 12.2 Å². The molecule has 0 atom stereocenters. The van der Waals surface area contributed by atoms with Crippen molar-refractivity contribution in [1.82, 2.24) is 5.32 Å². The van der Waals surface area contributed by atoms with Gasteiger partial charge in [0.25, 0.3) is 0 Å². The van der Waals surface area contributed by atoms with Crippen LogP contribution >= 0.6 is 0 Å². The van der Waals surface area contributed by atoms with Gasteiger partial charge in [0.1, 0.15) is 0 Å². The Hall–Kier alpha value is -0.830. The van der Waals surface area contributed by atoms with Crippen LogP contribution in [-0.4, -0.2) is 24.7 Å². The van der Waals surface area contributed by atoms with Crippen molar-refractivity contribution >= 4 is 6.41 Å². The topological polar surface area (TPSA) is 49.3 Å². The fourth-order valence-electron chi connectivity index (χ4n) is 0.258. The minimum Gasteiger partial charge on any atom is -0.392 e. The number of nitrogens with one attached hydrogen (secondary N) is 1. The molecule has 3 heteroatoms. The van der Waals surface area contributed by atoms with E-state index in [0.717, 1.165) is 0 Å². The van der Waals surface area contributed by atoms with Crippen molar-refractivity contribution in [3.8, 4) is 0 Å². The summed E-state index contributed by atoms with van der Waals surface area (Å²) >= 11 is 0. The summed E-state index contributed by atoms with van der Waals surface area (Å²) < 4.78 is 0. The molecule has 0 heterocycles. The second-order valence-electron chi connectivity index (χ2n) is 1.14. The molecule has 1 amide bonds. The first-order valence-corrected chi connectivity index (χ1v) is 2.27. The third kappa shape index (κ3) is 5.17. The second kappa shape index (κ2) is 6.17. The molecule has 0 aromatic rings. The van der Waals surface area contributed by atoms with E-state index >= 15 is 0 Å². The third-order valence-electron chi connectivity index (χ3n) is 0.564. The molecule has 8 heavy (non-hydrogen) atoms. The summed E-state index contributed by atoms with van der Waals surface area (Å²) in [5.74, 6) is 0. The first kappa shape index (κ1) is 7.17. The number of hydrogen-bond donors (Lipinski definition) is 2. The van der Waals surface area contributed by atoms with Crippen LogP contribution in [0.15, 0.2) is 12.2 Å². The van der Waals surface area contributed by atoms with E-state index in [0.29, 0.717) is 6.54 Å². The maximum Gasteiger partial charge on any atom is 0.309 e. The molecule has 0 bridgehead atoms. The molecule has 0 aliphatic rings. The number of rotatable bonds is 4. The van der Waals surface area contributed by atoms with E-state index in [9.17, 15) is 4.79 Å². The number of aliphatic hydroxyl groups is 1. The summed E-state index contributed by atoms with van der Waals surface area (Å²) in [4.78, 5) is 9.44. The van der Waals surface area contributed by atoms with Gasteiger partial charge in [0.05, 0.1) is 6.61 Å². The number of amides is 1. The lowest BCUT2D eigenvalue weighted by Gasteiger charge is -1.83. The van der Waals surface area contributed by atoms with Gasteiger partial charge in [-0.15, -0.1) is 0 Å². The Bertz CT molecular complexity index is 80.5. The zero-order valence-electron chi connectivity index (χ0n) is 4.42. The van der Waals surface area contributed by atoms with Crippen molar-refractivity contribution in [3.05, 3.63) is 12.2 Å². The van der Waals surface area contributed by atoms with Crippen LogP contribution in [0.4, 0.5) is 0 Å². The van der Waals surface area contributed by atoms with E-state index in [1.165, 1.54) is 6.41 Å². The molecule has 3 nitrogen and oxygen atoms in total. The Morgan fingerprint density at radius 3 is 2.88 bits per heavy atom. The molecule has 45 valence electrons. The standard InChI is InChI=1S/C5H8NO2/c7-4-2-1-3-6-5-8/h1-2,7H,3-4H2,(H,6,8). The Morgan fingerprint density at radius 1 is 1.62 bits per heavy atom. The molecule has 0 aromatic carbocycles. The van der Waals surface area contributed by atoms with E-state index in [1.807, 2.05) is 0 Å². The van der Waals surface area contributed by atoms with Gasteiger partial charge >= 0.3 is 6.41 Å². The molecule has 0 saturated heterocycles. The highest BCUT2D eigenvalue weighted by Crippen LogP contribution is 1.64. The first-order chi connectivity index (χ1) is 3.91. The summed E-state index contributed by atoms with van der Waals surface area (Å²) in [6, 6.07) is 0. The highest BCUT2D eigenvalue weighted by Gasteiger charge is 1.71. The fourth-order valence-corrected chi connectivity index (χ4v) is 0.258. The van der Waals surface area contributed by atoms with Crippen LogP contribution < -0.4 is 5.32 Å². The maximum absolute atomic E-state index is 9.44. The predicted octanol–water partition coefficient (Wildman–Crippen LogP) is -0.808. The zero-order valence-corrected chi connectivity index (χ0v) is 4.42. The van der Waals surface area contributed by atoms with Crippen LogP contribution in [0.1, 0.15) is 0 Å². The van der Waals surface area contributed by atoms with Gasteiger partial charge in [0, 0.05) is 6.54 Å². The molecule has 2 N–H and O–H groups in total. The molecule has 0 saturated carbocycles. The van der Waals surface area contributed by atoms with Crippen molar-refractivity contribution < 1.29 is 9.90 Å². The van der Waals surface area contributed by atoms with E-state index in [-0.39, 0.29) is 6.61 Å². The molecular weight excluding hydrogens is 106 g/mol. The van der Waals surface area contributed by atoms with Crippen LogP contribution in [0.2, 0.25) is 0 Å². The van der Waals surface area contributed by atoms with Gasteiger partial charge in [-0.05, 0) is 0 Å². The third-order valence-corrected chi connectivity index (χ3v) is 0.564. The largest absolute Gasteiger partial charge is 0.392 e. The van der Waals surface area contributed by atoms with Gasteiger partial charge in [-0.2, -0.15) is 0 Å². The Labute approximate surface area is 48.0 Å². The van der Waals surface area contributed by atoms with Crippen molar-refractivity contribution in [1.29, 1.82) is 0 Å².